The van der Waals surface area contributed by atoms with E-state index in [-0.39, 0.29) is 0 Å². The van der Waals surface area contributed by atoms with Crippen molar-refractivity contribution in [2.24, 2.45) is 0 Å². The van der Waals surface area contributed by atoms with Crippen LogP contribution in [0.1, 0.15) is 0 Å². The second-order valence-electron chi connectivity index (χ2n) is 20.0. The number of nitrogens with zero attached hydrogens (tertiary/aromatic N) is 10. The Balaban J connectivity index is 1.01. The number of fused-ring (bicyclic) bond motifs is 3. The molecule has 3 heterocycles. The molecule has 0 amide bonds. The second-order valence-corrected chi connectivity index (χ2v) is 20.0. The van der Waals surface area contributed by atoms with Gasteiger partial charge in [0.15, 0.2) is 34.9 Å². The lowest BCUT2D eigenvalue weighted by Crippen LogP contribution is -2.13. The third kappa shape index (κ3) is 8.20. The van der Waals surface area contributed by atoms with Gasteiger partial charge in [-0.25, -0.2) is 0 Å². The van der Waals surface area contributed by atoms with Crippen LogP contribution < -0.4 is 4.90 Å². The second kappa shape index (κ2) is 20.5. The SMILES string of the molecule is c1ccc(-c2nnc(-c3ccccc3)n2-c2ccc(N(c3ccc(-n4c(-c5ccccc5)nnc4-c4ccccc4)c4ccccc34)c3ccc(-n4c(-c5ccccc5)nnc4-c4ccccc4)c4ccccc34)c3ccccc23)cc1. The lowest BCUT2D eigenvalue weighted by Gasteiger charge is -2.31. The molecule has 10 nitrogen and oxygen atoms in total. The molecular formula is C72H48N10. The Labute approximate surface area is 472 Å². The molecule has 0 bridgehead atoms. The zero-order chi connectivity index (χ0) is 54.3. The van der Waals surface area contributed by atoms with Gasteiger partial charge in [0.25, 0.3) is 0 Å². The Morgan fingerprint density at radius 3 is 0.573 bits per heavy atom. The highest BCUT2D eigenvalue weighted by Gasteiger charge is 2.28. The van der Waals surface area contributed by atoms with Crippen LogP contribution in [0.15, 0.2) is 291 Å². The molecule has 12 aromatic carbocycles. The first-order valence-corrected chi connectivity index (χ1v) is 27.3. The molecular weight excluding hydrogens is 1000 g/mol. The lowest BCUT2D eigenvalue weighted by atomic mass is 9.99. The molecule has 15 rings (SSSR count). The van der Waals surface area contributed by atoms with Crippen LogP contribution in [0.25, 0.3) is 118 Å². The van der Waals surface area contributed by atoms with Gasteiger partial charge in [-0.1, -0.05) is 255 Å². The van der Waals surface area contributed by atoms with Crippen LogP contribution in [-0.2, 0) is 0 Å². The van der Waals surface area contributed by atoms with Crippen molar-refractivity contribution in [1.82, 2.24) is 44.3 Å². The summed E-state index contributed by atoms with van der Waals surface area (Å²) in [6, 6.07) is 101. The Morgan fingerprint density at radius 2 is 0.366 bits per heavy atom. The van der Waals surface area contributed by atoms with Gasteiger partial charge in [0.05, 0.1) is 34.1 Å². The normalized spacial score (nSPS) is 11.4. The number of hydrogen-bond acceptors (Lipinski definition) is 7. The fourth-order valence-corrected chi connectivity index (χ4v) is 11.5. The highest BCUT2D eigenvalue weighted by molar-refractivity contribution is 6.13. The maximum atomic E-state index is 4.91. The summed E-state index contributed by atoms with van der Waals surface area (Å²) >= 11 is 0. The number of hydrogen-bond donors (Lipinski definition) is 0. The minimum absolute atomic E-state index is 0.745. The number of benzene rings is 12. The summed E-state index contributed by atoms with van der Waals surface area (Å²) in [6.07, 6.45) is 0. The van der Waals surface area contributed by atoms with Crippen molar-refractivity contribution in [2.45, 2.75) is 0 Å². The summed E-state index contributed by atoms with van der Waals surface area (Å²) in [6.45, 7) is 0. The largest absolute Gasteiger partial charge is 0.309 e. The number of rotatable bonds is 12. The van der Waals surface area contributed by atoms with Gasteiger partial charge in [-0.2, -0.15) is 0 Å². The van der Waals surface area contributed by atoms with Gasteiger partial charge in [0.2, 0.25) is 0 Å². The van der Waals surface area contributed by atoms with E-state index in [1.165, 1.54) is 0 Å². The number of aromatic nitrogens is 9. The zero-order valence-electron chi connectivity index (χ0n) is 44.2. The van der Waals surface area contributed by atoms with Crippen molar-refractivity contribution < 1.29 is 0 Å². The fourth-order valence-electron chi connectivity index (χ4n) is 11.5. The minimum Gasteiger partial charge on any atom is -0.309 e. The van der Waals surface area contributed by atoms with Crippen molar-refractivity contribution >= 4 is 49.4 Å². The van der Waals surface area contributed by atoms with Crippen molar-refractivity contribution in [3.8, 4) is 85.4 Å². The van der Waals surface area contributed by atoms with Gasteiger partial charge in [0.1, 0.15) is 0 Å². The highest BCUT2D eigenvalue weighted by atomic mass is 15.3. The molecule has 0 saturated heterocycles. The predicted molar refractivity (Wildman–Crippen MR) is 331 cm³/mol. The maximum absolute atomic E-state index is 4.91. The quantitative estimate of drug-likeness (QED) is 0.120. The molecule has 0 aliphatic heterocycles. The van der Waals surface area contributed by atoms with Crippen LogP contribution in [0.4, 0.5) is 17.1 Å². The summed E-state index contributed by atoms with van der Waals surface area (Å²) < 4.78 is 6.62. The standard InChI is InChI=1S/C72H48N10/c1-7-25-49(26-8-1)67-73-74-68(50-27-9-2-10-28-50)80(67)64-46-43-61(55-37-19-22-40-58(55)64)79(62-44-47-65(59-41-23-20-38-56(59)62)81-69(51-29-11-3-12-30-51)75-76-70(81)52-31-13-4-14-32-52)63-45-48-66(60-42-24-21-39-57(60)63)82-71(53-33-15-5-16-34-53)77-78-72(82)54-35-17-6-18-36-54/h1-48H. The van der Waals surface area contributed by atoms with Crippen molar-refractivity contribution in [3.63, 3.8) is 0 Å². The summed E-state index contributed by atoms with van der Waals surface area (Å²) in [4.78, 5) is 2.44. The average Bonchev–Trinajstić information content (AvgIpc) is 4.47. The Morgan fingerprint density at radius 1 is 0.183 bits per heavy atom. The highest BCUT2D eigenvalue weighted by Crippen LogP contribution is 2.49. The van der Waals surface area contributed by atoms with Crippen LogP contribution in [0, 0.1) is 0 Å². The van der Waals surface area contributed by atoms with Gasteiger partial charge in [-0.15, -0.1) is 30.6 Å². The number of anilines is 3. The smallest absolute Gasteiger partial charge is 0.168 e. The van der Waals surface area contributed by atoms with Crippen molar-refractivity contribution in [2.75, 3.05) is 4.90 Å². The van der Waals surface area contributed by atoms with E-state index in [9.17, 15) is 0 Å². The summed E-state index contributed by atoms with van der Waals surface area (Å²) in [5.74, 6) is 4.47. The molecule has 0 atom stereocenters. The first-order chi connectivity index (χ1) is 40.7. The predicted octanol–water partition coefficient (Wildman–Crippen LogP) is 17.4. The van der Waals surface area contributed by atoms with Gasteiger partial charge < -0.3 is 4.90 Å². The fraction of sp³-hybridized carbons (Fsp3) is 0. The van der Waals surface area contributed by atoms with E-state index in [1.54, 1.807) is 0 Å². The van der Waals surface area contributed by atoms with Crippen LogP contribution >= 0.6 is 0 Å². The lowest BCUT2D eigenvalue weighted by molar-refractivity contribution is 1.08. The summed E-state index contributed by atoms with van der Waals surface area (Å²) in [7, 11) is 0. The van der Waals surface area contributed by atoms with E-state index in [0.717, 1.165) is 135 Å². The van der Waals surface area contributed by atoms with E-state index < -0.39 is 0 Å². The van der Waals surface area contributed by atoms with Crippen LogP contribution in [0.2, 0.25) is 0 Å². The van der Waals surface area contributed by atoms with E-state index >= 15 is 0 Å². The monoisotopic (exact) mass is 1050 g/mol. The van der Waals surface area contributed by atoms with Crippen molar-refractivity contribution in [3.05, 3.63) is 291 Å². The van der Waals surface area contributed by atoms with Gasteiger partial charge in [-0.3, -0.25) is 13.7 Å². The van der Waals surface area contributed by atoms with Crippen molar-refractivity contribution in [1.29, 1.82) is 0 Å². The minimum atomic E-state index is 0.745. The zero-order valence-corrected chi connectivity index (χ0v) is 44.2. The van der Waals surface area contributed by atoms with Crippen LogP contribution in [0.5, 0.6) is 0 Å². The van der Waals surface area contributed by atoms with E-state index in [1.807, 2.05) is 109 Å². The average molecular weight is 1050 g/mol. The molecule has 0 unspecified atom stereocenters. The molecule has 0 N–H and O–H groups in total. The molecule has 386 valence electrons. The van der Waals surface area contributed by atoms with Crippen LogP contribution in [0.3, 0.4) is 0 Å². The molecule has 15 aromatic rings. The van der Waals surface area contributed by atoms with Gasteiger partial charge in [-0.05, 0) is 36.4 Å². The van der Waals surface area contributed by atoms with E-state index in [4.69, 9.17) is 30.6 Å². The van der Waals surface area contributed by atoms with E-state index in [0.29, 0.717) is 0 Å². The van der Waals surface area contributed by atoms with Gasteiger partial charge >= 0.3 is 0 Å². The van der Waals surface area contributed by atoms with E-state index in [2.05, 4.69) is 201 Å². The molecule has 0 radical (unpaired) electrons. The first kappa shape index (κ1) is 47.8. The molecule has 0 spiro atoms. The molecule has 0 aliphatic carbocycles. The molecule has 0 aliphatic rings. The third-order valence-electron chi connectivity index (χ3n) is 15.3. The molecule has 10 heteroatoms. The molecule has 0 fully saturated rings. The maximum Gasteiger partial charge on any atom is 0.168 e. The summed E-state index contributed by atoms with van der Waals surface area (Å²) in [5.41, 5.74) is 11.5. The van der Waals surface area contributed by atoms with Crippen LogP contribution in [-0.4, -0.2) is 44.3 Å². The molecule has 82 heavy (non-hydrogen) atoms. The Bertz CT molecular complexity index is 4130. The third-order valence-corrected chi connectivity index (χ3v) is 15.3. The molecule has 0 saturated carbocycles. The Kier molecular flexibility index (Phi) is 11.9. The Hall–Kier alpha value is -11.4. The molecule has 3 aromatic heterocycles. The topological polar surface area (TPSA) is 95.4 Å². The van der Waals surface area contributed by atoms with Gasteiger partial charge in [0, 0.05) is 65.7 Å². The summed E-state index contributed by atoms with van der Waals surface area (Å²) in [5, 5.41) is 35.6. The first-order valence-electron chi connectivity index (χ1n) is 27.3.